The van der Waals surface area contributed by atoms with E-state index in [-0.39, 0.29) is 0 Å². The highest BCUT2D eigenvalue weighted by atomic mass is 32.1. The van der Waals surface area contributed by atoms with Crippen LogP contribution in [-0.2, 0) is 0 Å². The van der Waals surface area contributed by atoms with Crippen molar-refractivity contribution in [2.45, 2.75) is 69.2 Å². The fraction of sp³-hybridized carbons (Fsp3) is 0.667. The molecule has 2 aromatic rings. The molecule has 0 radical (unpaired) electrons. The van der Waals surface area contributed by atoms with Gasteiger partial charge in [0.2, 0.25) is 0 Å². The third-order valence-corrected chi connectivity index (χ3v) is 1.22. The Bertz CT molecular complexity index is 221. The molecule has 2 rings (SSSR count). The lowest BCUT2D eigenvalue weighted by atomic mass is 10.3. The highest BCUT2D eigenvalue weighted by Gasteiger charge is 1.68. The summed E-state index contributed by atoms with van der Waals surface area (Å²) in [4.78, 5) is 0. The number of aromatic nitrogens is 2. The van der Waals surface area contributed by atoms with E-state index in [0.717, 1.165) is 11.8 Å². The molecule has 132 valence electrons. The van der Waals surface area contributed by atoms with Crippen molar-refractivity contribution in [3.63, 3.8) is 0 Å². The largest absolute Gasteiger partial charge is 0.365 e. The summed E-state index contributed by atoms with van der Waals surface area (Å²) in [5, 5.41) is 5.28. The molecule has 0 spiro atoms. The summed E-state index contributed by atoms with van der Waals surface area (Å²) in [7, 11) is 0. The average molecular weight is 331 g/mol. The molecule has 0 atom stereocenters. The van der Waals surface area contributed by atoms with Crippen LogP contribution in [0.3, 0.4) is 0 Å². The molecule has 4 heteroatoms. The van der Waals surface area contributed by atoms with Gasteiger partial charge in [-0.15, -0.1) is 0 Å². The van der Waals surface area contributed by atoms with Crippen molar-refractivity contribution in [2.75, 3.05) is 0 Å². The Labute approximate surface area is 143 Å². The standard InChI is InChI=1S/2C4H10.C3H3NO.C3H3NS.2C2H6/c2*1-4(2)3;2*1-2-4-5-3-1;2*1-2/h2*4H,1-3H3;2*1-3H;2*1-2H3. The molecule has 0 aliphatic carbocycles. The summed E-state index contributed by atoms with van der Waals surface area (Å²) in [6.07, 6.45) is 4.87. The summed E-state index contributed by atoms with van der Waals surface area (Å²) >= 11 is 1.46. The molecule has 0 aliphatic rings. The first-order valence-corrected chi connectivity index (χ1v) is 8.99. The zero-order valence-corrected chi connectivity index (χ0v) is 17.1. The normalized spacial score (nSPS) is 7.45. The maximum Gasteiger partial charge on any atom is 0.123 e. The van der Waals surface area contributed by atoms with Gasteiger partial charge in [0.25, 0.3) is 0 Å². The lowest BCUT2D eigenvalue weighted by molar-refractivity contribution is 0.420. The molecule has 0 unspecified atom stereocenters. The lowest BCUT2D eigenvalue weighted by Crippen LogP contribution is -1.66. The first kappa shape index (κ1) is 28.9. The van der Waals surface area contributed by atoms with Crippen LogP contribution in [-0.4, -0.2) is 9.53 Å². The molecule has 0 saturated heterocycles. The van der Waals surface area contributed by atoms with Crippen molar-refractivity contribution in [2.24, 2.45) is 11.8 Å². The van der Waals surface area contributed by atoms with E-state index in [1.54, 1.807) is 18.5 Å². The molecular weight excluding hydrogens is 292 g/mol. The number of rotatable bonds is 0. The number of nitrogens with zero attached hydrogens (tertiary/aromatic N) is 2. The van der Waals surface area contributed by atoms with Crippen molar-refractivity contribution >= 4 is 11.5 Å². The van der Waals surface area contributed by atoms with Crippen LogP contribution >= 0.6 is 11.5 Å². The summed E-state index contributed by atoms with van der Waals surface area (Å²) in [5.74, 6) is 1.67. The van der Waals surface area contributed by atoms with Crippen molar-refractivity contribution in [3.05, 3.63) is 36.2 Å². The number of hydrogen-bond acceptors (Lipinski definition) is 4. The second-order valence-corrected chi connectivity index (χ2v) is 5.53. The predicted molar refractivity (Wildman–Crippen MR) is 102 cm³/mol. The van der Waals surface area contributed by atoms with E-state index in [4.69, 9.17) is 0 Å². The van der Waals surface area contributed by atoms with Crippen LogP contribution in [0, 0.1) is 11.8 Å². The zero-order chi connectivity index (χ0) is 18.2. The minimum atomic E-state index is 0.833. The Balaban J connectivity index is -0.0000000919. The van der Waals surface area contributed by atoms with E-state index in [0.29, 0.717) is 0 Å². The van der Waals surface area contributed by atoms with E-state index in [1.165, 1.54) is 17.8 Å². The van der Waals surface area contributed by atoms with Crippen LogP contribution in [0.5, 0.6) is 0 Å². The molecule has 3 nitrogen and oxygen atoms in total. The van der Waals surface area contributed by atoms with Gasteiger partial charge in [0, 0.05) is 11.6 Å². The Morgan fingerprint density at radius 2 is 1.23 bits per heavy atom. The van der Waals surface area contributed by atoms with Gasteiger partial charge in [-0.25, -0.2) is 4.37 Å². The average Bonchev–Trinajstić information content (AvgIpc) is 3.20. The summed E-state index contributed by atoms with van der Waals surface area (Å²) < 4.78 is 8.10. The number of hydrogen-bond donors (Lipinski definition) is 0. The monoisotopic (exact) mass is 330 g/mol. The first-order chi connectivity index (χ1) is 10.5. The highest BCUT2D eigenvalue weighted by molar-refractivity contribution is 7.03. The molecule has 0 fully saturated rings. The topological polar surface area (TPSA) is 38.9 Å². The third-order valence-electron chi connectivity index (χ3n) is 0.694. The van der Waals surface area contributed by atoms with Crippen molar-refractivity contribution in [3.8, 4) is 0 Å². The van der Waals surface area contributed by atoms with Crippen LogP contribution < -0.4 is 0 Å². The molecule has 0 aliphatic heterocycles. The van der Waals surface area contributed by atoms with E-state index in [2.05, 4.69) is 55.6 Å². The van der Waals surface area contributed by atoms with Crippen molar-refractivity contribution in [1.82, 2.24) is 9.53 Å². The Hall–Kier alpha value is -1.16. The zero-order valence-electron chi connectivity index (χ0n) is 16.3. The summed E-state index contributed by atoms with van der Waals surface area (Å²) in [6.45, 7) is 21.0. The molecule has 0 amide bonds. The van der Waals surface area contributed by atoms with E-state index >= 15 is 0 Å². The molecule has 0 aromatic carbocycles. The van der Waals surface area contributed by atoms with Crippen LogP contribution in [0.4, 0.5) is 0 Å². The smallest absolute Gasteiger partial charge is 0.123 e. The Morgan fingerprint density at radius 3 is 1.32 bits per heavy atom. The molecule has 0 bridgehead atoms. The van der Waals surface area contributed by atoms with E-state index in [1.807, 2.05) is 39.1 Å². The van der Waals surface area contributed by atoms with Crippen LogP contribution in [0.15, 0.2) is 40.7 Å². The van der Waals surface area contributed by atoms with Gasteiger partial charge in [-0.2, -0.15) is 0 Å². The molecule has 2 heterocycles. The molecular formula is C18H38N2OS. The minimum Gasteiger partial charge on any atom is -0.365 e. The van der Waals surface area contributed by atoms with Gasteiger partial charge in [-0.1, -0.05) is 74.4 Å². The predicted octanol–water partition coefficient (Wildman–Crippen LogP) is 7.19. The summed E-state index contributed by atoms with van der Waals surface area (Å²) in [6, 6.07) is 3.63. The third kappa shape index (κ3) is 76.7. The van der Waals surface area contributed by atoms with E-state index < -0.39 is 0 Å². The second-order valence-electron chi connectivity index (χ2n) is 4.84. The fourth-order valence-electron chi connectivity index (χ4n) is 0.351. The summed E-state index contributed by atoms with van der Waals surface area (Å²) in [5.41, 5.74) is 0. The van der Waals surface area contributed by atoms with Gasteiger partial charge in [0.1, 0.15) is 6.26 Å². The van der Waals surface area contributed by atoms with Gasteiger partial charge in [-0.3, -0.25) is 0 Å². The van der Waals surface area contributed by atoms with E-state index in [9.17, 15) is 0 Å². The fourth-order valence-corrected chi connectivity index (χ4v) is 0.703. The van der Waals surface area contributed by atoms with Gasteiger partial charge < -0.3 is 4.52 Å². The van der Waals surface area contributed by atoms with Crippen LogP contribution in [0.1, 0.15) is 69.2 Å². The Morgan fingerprint density at radius 1 is 0.773 bits per heavy atom. The Kier molecular flexibility index (Phi) is 42.0. The van der Waals surface area contributed by atoms with Gasteiger partial charge in [0.15, 0.2) is 0 Å². The highest BCUT2D eigenvalue weighted by Crippen LogP contribution is 1.84. The van der Waals surface area contributed by atoms with Crippen molar-refractivity contribution in [1.29, 1.82) is 0 Å². The first-order valence-electron chi connectivity index (χ1n) is 8.15. The van der Waals surface area contributed by atoms with Crippen LogP contribution in [0.25, 0.3) is 0 Å². The maximum absolute atomic E-state index is 4.33. The van der Waals surface area contributed by atoms with Gasteiger partial charge in [0.05, 0.1) is 6.20 Å². The van der Waals surface area contributed by atoms with Gasteiger partial charge >= 0.3 is 0 Å². The quantitative estimate of drug-likeness (QED) is 0.513. The minimum absolute atomic E-state index is 0.833. The lowest BCUT2D eigenvalue weighted by Gasteiger charge is -1.79. The molecule has 2 aromatic heterocycles. The van der Waals surface area contributed by atoms with Gasteiger partial charge in [-0.05, 0) is 35.5 Å². The maximum atomic E-state index is 4.33. The molecule has 0 N–H and O–H groups in total. The molecule has 0 saturated carbocycles. The second kappa shape index (κ2) is 32.0. The SMILES string of the molecule is CC.CC.CC(C)C.CC(C)C.c1cnoc1.c1cnsc1. The van der Waals surface area contributed by atoms with Crippen LogP contribution in [0.2, 0.25) is 0 Å². The molecule has 22 heavy (non-hydrogen) atoms. The van der Waals surface area contributed by atoms with Crippen molar-refractivity contribution < 1.29 is 4.52 Å².